The molecule has 0 amide bonds. The molecule has 1 heterocycles. The summed E-state index contributed by atoms with van der Waals surface area (Å²) in [6.07, 6.45) is -8.83. The van der Waals surface area contributed by atoms with Gasteiger partial charge in [0.1, 0.15) is 0 Å². The number of rotatable bonds is 5. The van der Waals surface area contributed by atoms with Crippen LogP contribution < -0.4 is 5.32 Å². The van der Waals surface area contributed by atoms with Crippen molar-refractivity contribution in [3.8, 4) is 0 Å². The van der Waals surface area contributed by atoms with Crippen molar-refractivity contribution in [3.63, 3.8) is 0 Å². The van der Waals surface area contributed by atoms with Gasteiger partial charge in [0.05, 0.1) is 24.3 Å². The Balaban J connectivity index is 1.72. The lowest BCUT2D eigenvalue weighted by molar-refractivity contribution is -0.143. The second-order valence-corrected chi connectivity index (χ2v) is 7.65. The summed E-state index contributed by atoms with van der Waals surface area (Å²) >= 11 is 0. The van der Waals surface area contributed by atoms with E-state index < -0.39 is 23.5 Å². The van der Waals surface area contributed by atoms with Gasteiger partial charge in [0.15, 0.2) is 0 Å². The highest BCUT2D eigenvalue weighted by Gasteiger charge is 2.37. The predicted octanol–water partition coefficient (Wildman–Crippen LogP) is 5.94. The van der Waals surface area contributed by atoms with E-state index in [1.165, 1.54) is 5.56 Å². The first kappa shape index (κ1) is 22.6. The highest BCUT2D eigenvalue weighted by Crippen LogP contribution is 2.37. The van der Waals surface area contributed by atoms with Crippen LogP contribution in [0.3, 0.4) is 0 Å². The van der Waals surface area contributed by atoms with Crippen LogP contribution in [0.15, 0.2) is 42.5 Å². The smallest absolute Gasteiger partial charge is 0.376 e. The molecule has 0 unspecified atom stereocenters. The van der Waals surface area contributed by atoms with E-state index in [1.807, 2.05) is 25.1 Å². The van der Waals surface area contributed by atoms with Gasteiger partial charge in [-0.1, -0.05) is 24.3 Å². The third-order valence-corrected chi connectivity index (χ3v) is 5.44. The van der Waals surface area contributed by atoms with Crippen molar-refractivity contribution in [1.29, 1.82) is 0 Å². The van der Waals surface area contributed by atoms with Crippen molar-refractivity contribution < 1.29 is 31.1 Å². The summed E-state index contributed by atoms with van der Waals surface area (Å²) in [6, 6.07) is 9.56. The first-order valence-corrected chi connectivity index (χ1v) is 9.68. The maximum Gasteiger partial charge on any atom is 0.416 e. The van der Waals surface area contributed by atoms with Crippen molar-refractivity contribution >= 4 is 0 Å². The molecule has 2 nitrogen and oxygen atoms in total. The van der Waals surface area contributed by atoms with Crippen LogP contribution in [0, 0.1) is 12.8 Å². The van der Waals surface area contributed by atoms with Crippen LogP contribution in [0.25, 0.3) is 0 Å². The Hall–Kier alpha value is -2.06. The van der Waals surface area contributed by atoms with E-state index in [1.54, 1.807) is 0 Å². The summed E-state index contributed by atoms with van der Waals surface area (Å²) in [4.78, 5) is 0. The largest absolute Gasteiger partial charge is 0.416 e. The summed E-state index contributed by atoms with van der Waals surface area (Å²) in [5, 5.41) is 3.28. The fourth-order valence-corrected chi connectivity index (χ4v) is 3.94. The Labute approximate surface area is 171 Å². The molecule has 0 spiro atoms. The van der Waals surface area contributed by atoms with E-state index in [0.29, 0.717) is 18.7 Å². The average Bonchev–Trinajstić information content (AvgIpc) is 2.67. The monoisotopic (exact) mass is 431 g/mol. The molecule has 8 heteroatoms. The number of nitrogens with one attached hydrogen (secondary N) is 1. The molecule has 1 fully saturated rings. The van der Waals surface area contributed by atoms with Gasteiger partial charge in [-0.15, -0.1) is 0 Å². The van der Waals surface area contributed by atoms with E-state index >= 15 is 0 Å². The van der Waals surface area contributed by atoms with E-state index in [4.69, 9.17) is 4.74 Å². The maximum absolute atomic E-state index is 13.0. The fourth-order valence-electron chi connectivity index (χ4n) is 3.94. The van der Waals surface area contributed by atoms with Crippen LogP contribution in [0.5, 0.6) is 0 Å². The van der Waals surface area contributed by atoms with Gasteiger partial charge in [0, 0.05) is 12.5 Å². The quantitative estimate of drug-likeness (QED) is 0.592. The SMILES string of the molecule is Cc1ccccc1[C@@H]1CCNC[C@H]1COCc1cc(C(F)(F)F)cc(C(F)(F)F)c1. The minimum atomic E-state index is -4.86. The number of hydrogen-bond donors (Lipinski definition) is 1. The van der Waals surface area contributed by atoms with Crippen LogP contribution in [0.1, 0.15) is 40.2 Å². The summed E-state index contributed by atoms with van der Waals surface area (Å²) in [5.74, 6) is 0.299. The van der Waals surface area contributed by atoms with Gasteiger partial charge in [-0.25, -0.2) is 0 Å². The van der Waals surface area contributed by atoms with Crippen molar-refractivity contribution in [2.24, 2.45) is 5.92 Å². The Morgan fingerprint density at radius 2 is 1.60 bits per heavy atom. The maximum atomic E-state index is 13.0. The normalized spacial score (nSPS) is 20.4. The zero-order chi connectivity index (χ0) is 21.9. The zero-order valence-electron chi connectivity index (χ0n) is 16.4. The van der Waals surface area contributed by atoms with Crippen LogP contribution >= 0.6 is 0 Å². The van der Waals surface area contributed by atoms with Crippen molar-refractivity contribution in [1.82, 2.24) is 5.32 Å². The summed E-state index contributed by atoms with van der Waals surface area (Å²) in [6.45, 7) is 3.47. The molecule has 0 radical (unpaired) electrons. The van der Waals surface area contributed by atoms with Crippen molar-refractivity contribution in [2.75, 3.05) is 19.7 Å². The van der Waals surface area contributed by atoms with Crippen molar-refractivity contribution in [3.05, 3.63) is 70.3 Å². The number of aryl methyl sites for hydroxylation is 1. The van der Waals surface area contributed by atoms with Gasteiger partial charge < -0.3 is 10.1 Å². The molecule has 1 saturated heterocycles. The lowest BCUT2D eigenvalue weighted by atomic mass is 9.80. The standard InChI is InChI=1S/C22H23F6NO/c1-14-4-2-3-5-19(14)20-6-7-29-11-16(20)13-30-12-15-8-17(21(23,24)25)10-18(9-15)22(26,27)28/h2-5,8-10,16,20,29H,6-7,11-13H2,1H3/t16-,20+/m0/s1. The van der Waals surface area contributed by atoms with Crippen molar-refractivity contribution in [2.45, 2.75) is 38.2 Å². The highest BCUT2D eigenvalue weighted by atomic mass is 19.4. The van der Waals surface area contributed by atoms with Crippen LogP contribution in [0.4, 0.5) is 26.3 Å². The fraction of sp³-hybridized carbons (Fsp3) is 0.455. The van der Waals surface area contributed by atoms with Crippen LogP contribution in [-0.2, 0) is 23.7 Å². The molecule has 0 saturated carbocycles. The number of alkyl halides is 6. The lowest BCUT2D eigenvalue weighted by Gasteiger charge is -2.33. The van der Waals surface area contributed by atoms with Crippen LogP contribution in [-0.4, -0.2) is 19.7 Å². The molecule has 2 aromatic carbocycles. The van der Waals surface area contributed by atoms with Gasteiger partial charge in [0.2, 0.25) is 0 Å². The topological polar surface area (TPSA) is 21.3 Å². The molecular weight excluding hydrogens is 408 g/mol. The van der Waals surface area contributed by atoms with Crippen LogP contribution in [0.2, 0.25) is 0 Å². The highest BCUT2D eigenvalue weighted by molar-refractivity contribution is 5.33. The molecule has 3 rings (SSSR count). The Bertz CT molecular complexity index is 829. The molecule has 2 atom stereocenters. The third kappa shape index (κ3) is 5.55. The number of hydrogen-bond acceptors (Lipinski definition) is 2. The van der Waals surface area contributed by atoms with E-state index in [2.05, 4.69) is 11.4 Å². The average molecular weight is 431 g/mol. The van der Waals surface area contributed by atoms with E-state index in [9.17, 15) is 26.3 Å². The molecule has 164 valence electrons. The lowest BCUT2D eigenvalue weighted by Crippen LogP contribution is -2.38. The number of ether oxygens (including phenoxy) is 1. The number of piperidine rings is 1. The molecule has 0 bridgehead atoms. The first-order valence-electron chi connectivity index (χ1n) is 9.68. The summed E-state index contributed by atoms with van der Waals surface area (Å²) in [7, 11) is 0. The Morgan fingerprint density at radius 1 is 0.967 bits per heavy atom. The van der Waals surface area contributed by atoms with Gasteiger partial charge in [-0.3, -0.25) is 0 Å². The van der Waals surface area contributed by atoms with Gasteiger partial charge in [-0.05, 0) is 60.7 Å². The molecule has 1 N–H and O–H groups in total. The van der Waals surface area contributed by atoms with Gasteiger partial charge >= 0.3 is 12.4 Å². The number of halogens is 6. The van der Waals surface area contributed by atoms with Gasteiger partial charge in [-0.2, -0.15) is 26.3 Å². The molecule has 2 aromatic rings. The minimum absolute atomic E-state index is 0.0766. The zero-order valence-corrected chi connectivity index (χ0v) is 16.4. The Morgan fingerprint density at radius 3 is 2.20 bits per heavy atom. The molecule has 1 aliphatic heterocycles. The molecule has 1 aliphatic rings. The molecule has 30 heavy (non-hydrogen) atoms. The Kier molecular flexibility index (Phi) is 6.77. The molecule has 0 aromatic heterocycles. The van der Waals surface area contributed by atoms with E-state index in [-0.39, 0.29) is 36.7 Å². The summed E-state index contributed by atoms with van der Waals surface area (Å²) < 4.78 is 83.7. The number of benzene rings is 2. The third-order valence-electron chi connectivity index (χ3n) is 5.44. The molecule has 0 aliphatic carbocycles. The van der Waals surface area contributed by atoms with E-state index in [0.717, 1.165) is 18.5 Å². The molecular formula is C22H23F6NO. The predicted molar refractivity (Wildman–Crippen MR) is 101 cm³/mol. The van der Waals surface area contributed by atoms with Gasteiger partial charge in [0.25, 0.3) is 0 Å². The first-order chi connectivity index (χ1) is 14.1. The summed E-state index contributed by atoms with van der Waals surface area (Å²) in [5.41, 5.74) is -0.442. The second-order valence-electron chi connectivity index (χ2n) is 7.65. The minimum Gasteiger partial charge on any atom is -0.376 e. The second kappa shape index (κ2) is 8.98.